The van der Waals surface area contributed by atoms with E-state index in [0.29, 0.717) is 5.69 Å². The fourth-order valence-electron chi connectivity index (χ4n) is 3.20. The van der Waals surface area contributed by atoms with Crippen LogP contribution in [0.3, 0.4) is 0 Å². The molecule has 0 spiro atoms. The summed E-state index contributed by atoms with van der Waals surface area (Å²) in [6.07, 6.45) is 2.82. The molecule has 6 nitrogen and oxygen atoms in total. The number of amides is 1. The molecule has 0 bridgehead atoms. The predicted molar refractivity (Wildman–Crippen MR) is 88.4 cm³/mol. The van der Waals surface area contributed by atoms with Gasteiger partial charge in [-0.25, -0.2) is 0 Å². The number of ether oxygens (including phenoxy) is 1. The molecule has 2 N–H and O–H groups in total. The molecule has 0 saturated carbocycles. The van der Waals surface area contributed by atoms with Gasteiger partial charge in [0.25, 0.3) is 5.91 Å². The van der Waals surface area contributed by atoms with Crippen LogP contribution in [0.2, 0.25) is 0 Å². The van der Waals surface area contributed by atoms with Crippen molar-refractivity contribution >= 4 is 11.9 Å². The number of aromatic amines is 1. The van der Waals surface area contributed by atoms with E-state index >= 15 is 0 Å². The Morgan fingerprint density at radius 3 is 2.71 bits per heavy atom. The van der Waals surface area contributed by atoms with Crippen molar-refractivity contribution in [1.29, 1.82) is 0 Å². The maximum Gasteiger partial charge on any atom is 0.310 e. The number of benzene rings is 1. The van der Waals surface area contributed by atoms with Crippen LogP contribution in [0.4, 0.5) is 0 Å². The van der Waals surface area contributed by atoms with Crippen molar-refractivity contribution < 1.29 is 14.3 Å². The molecule has 1 heterocycles. The highest BCUT2D eigenvalue weighted by atomic mass is 16.5. The van der Waals surface area contributed by atoms with Crippen LogP contribution in [0.15, 0.2) is 30.3 Å². The highest BCUT2D eigenvalue weighted by molar-refractivity contribution is 5.94. The maximum absolute atomic E-state index is 12.7. The average Bonchev–Trinajstić information content (AvgIpc) is 3.22. The van der Waals surface area contributed by atoms with Gasteiger partial charge < -0.3 is 10.1 Å². The zero-order valence-electron chi connectivity index (χ0n) is 13.8. The third-order valence-electron chi connectivity index (χ3n) is 4.54. The summed E-state index contributed by atoms with van der Waals surface area (Å²) in [6.45, 7) is 1.75. The summed E-state index contributed by atoms with van der Waals surface area (Å²) in [5.74, 6) is -1.14. The highest BCUT2D eigenvalue weighted by Crippen LogP contribution is 2.26. The number of nitrogens with zero attached hydrogens (tertiary/aromatic N) is 1. The molecule has 1 aromatic carbocycles. The number of rotatable bonds is 5. The smallest absolute Gasteiger partial charge is 0.310 e. The molecule has 24 heavy (non-hydrogen) atoms. The monoisotopic (exact) mass is 327 g/mol. The van der Waals surface area contributed by atoms with Crippen molar-refractivity contribution in [2.45, 2.75) is 32.2 Å². The largest absolute Gasteiger partial charge is 0.469 e. The van der Waals surface area contributed by atoms with E-state index < -0.39 is 12.0 Å². The van der Waals surface area contributed by atoms with Crippen molar-refractivity contribution in [2.24, 2.45) is 5.92 Å². The molecule has 1 aromatic heterocycles. The predicted octanol–water partition coefficient (Wildman–Crippen LogP) is 2.18. The molecule has 3 rings (SSSR count). The zero-order chi connectivity index (χ0) is 17.1. The maximum atomic E-state index is 12.7. The van der Waals surface area contributed by atoms with Crippen molar-refractivity contribution in [3.8, 4) is 0 Å². The molecule has 1 amide bonds. The first-order valence-corrected chi connectivity index (χ1v) is 8.11. The Labute approximate surface area is 140 Å². The van der Waals surface area contributed by atoms with Gasteiger partial charge in [-0.05, 0) is 31.7 Å². The Kier molecular flexibility index (Phi) is 4.64. The van der Waals surface area contributed by atoms with Gasteiger partial charge in [0.05, 0.1) is 19.1 Å². The minimum absolute atomic E-state index is 0.265. The van der Waals surface area contributed by atoms with E-state index in [9.17, 15) is 9.59 Å². The van der Waals surface area contributed by atoms with Gasteiger partial charge in [0.1, 0.15) is 0 Å². The summed E-state index contributed by atoms with van der Waals surface area (Å²) in [4.78, 5) is 24.7. The Morgan fingerprint density at radius 2 is 2.00 bits per heavy atom. The lowest BCUT2D eigenvalue weighted by molar-refractivity contribution is -0.145. The molecule has 0 fully saturated rings. The molecule has 0 aliphatic heterocycles. The van der Waals surface area contributed by atoms with Gasteiger partial charge in [-0.15, -0.1) is 0 Å². The first kappa shape index (κ1) is 16.2. The molecule has 0 unspecified atom stereocenters. The van der Waals surface area contributed by atoms with E-state index in [1.807, 2.05) is 30.3 Å². The minimum atomic E-state index is -0.506. The molecule has 2 atom stereocenters. The molecule has 1 aliphatic rings. The van der Waals surface area contributed by atoms with Crippen molar-refractivity contribution in [3.05, 3.63) is 52.8 Å². The van der Waals surface area contributed by atoms with Crippen LogP contribution in [0.5, 0.6) is 0 Å². The first-order valence-electron chi connectivity index (χ1n) is 8.11. The normalized spacial score (nSPS) is 15.4. The second kappa shape index (κ2) is 6.86. The Morgan fingerprint density at radius 1 is 1.25 bits per heavy atom. The van der Waals surface area contributed by atoms with Crippen LogP contribution >= 0.6 is 0 Å². The quantitative estimate of drug-likeness (QED) is 0.825. The Hall–Kier alpha value is -2.63. The number of H-pyrrole nitrogens is 1. The molecular weight excluding hydrogens is 306 g/mol. The molecule has 0 radical (unpaired) electrons. The molecule has 1 aliphatic carbocycles. The summed E-state index contributed by atoms with van der Waals surface area (Å²) in [6, 6.07) is 8.96. The molecular formula is C18H21N3O3. The van der Waals surface area contributed by atoms with E-state index in [4.69, 9.17) is 4.74 Å². The molecule has 0 saturated heterocycles. The number of aryl methyl sites for hydroxylation is 1. The fraction of sp³-hybridized carbons (Fsp3) is 0.389. The Bertz CT molecular complexity index is 739. The lowest BCUT2D eigenvalue weighted by Gasteiger charge is -2.23. The van der Waals surface area contributed by atoms with E-state index in [1.165, 1.54) is 7.11 Å². The second-order valence-corrected chi connectivity index (χ2v) is 6.06. The lowest BCUT2D eigenvalue weighted by atomic mass is 9.94. The van der Waals surface area contributed by atoms with Gasteiger partial charge in [-0.2, -0.15) is 5.10 Å². The number of nitrogens with one attached hydrogen (secondary N) is 2. The average molecular weight is 327 g/mol. The number of esters is 1. The van der Waals surface area contributed by atoms with E-state index in [1.54, 1.807) is 6.92 Å². The number of hydrogen-bond donors (Lipinski definition) is 2. The second-order valence-electron chi connectivity index (χ2n) is 6.06. The van der Waals surface area contributed by atoms with E-state index in [2.05, 4.69) is 15.5 Å². The third kappa shape index (κ3) is 3.04. The molecule has 126 valence electrons. The number of carbonyl (C=O) groups is 2. The van der Waals surface area contributed by atoms with Gasteiger partial charge in [-0.1, -0.05) is 30.3 Å². The topological polar surface area (TPSA) is 84.1 Å². The zero-order valence-corrected chi connectivity index (χ0v) is 13.8. The van der Waals surface area contributed by atoms with Gasteiger partial charge >= 0.3 is 5.97 Å². The first-order chi connectivity index (χ1) is 11.6. The van der Waals surface area contributed by atoms with Crippen LogP contribution < -0.4 is 5.32 Å². The molecule has 2 aromatic rings. The lowest BCUT2D eigenvalue weighted by Crippen LogP contribution is -2.36. The van der Waals surface area contributed by atoms with Gasteiger partial charge in [0.15, 0.2) is 5.69 Å². The number of fused-ring (bicyclic) bond motifs is 1. The van der Waals surface area contributed by atoms with Crippen LogP contribution in [-0.2, 0) is 22.4 Å². The van der Waals surface area contributed by atoms with Crippen LogP contribution in [0, 0.1) is 5.92 Å². The van der Waals surface area contributed by atoms with Gasteiger partial charge in [0, 0.05) is 11.3 Å². The van der Waals surface area contributed by atoms with Crippen molar-refractivity contribution in [1.82, 2.24) is 15.5 Å². The van der Waals surface area contributed by atoms with E-state index in [-0.39, 0.29) is 11.9 Å². The highest BCUT2D eigenvalue weighted by Gasteiger charge is 2.30. The fourth-order valence-corrected chi connectivity index (χ4v) is 3.20. The number of aromatic nitrogens is 2. The summed E-state index contributed by atoms with van der Waals surface area (Å²) < 4.78 is 4.85. The summed E-state index contributed by atoms with van der Waals surface area (Å²) >= 11 is 0. The number of carbonyl (C=O) groups excluding carboxylic acids is 2. The van der Waals surface area contributed by atoms with Crippen molar-refractivity contribution in [3.63, 3.8) is 0 Å². The van der Waals surface area contributed by atoms with Crippen LogP contribution in [0.25, 0.3) is 0 Å². The van der Waals surface area contributed by atoms with Gasteiger partial charge in [0.2, 0.25) is 0 Å². The minimum Gasteiger partial charge on any atom is -0.469 e. The van der Waals surface area contributed by atoms with Gasteiger partial charge in [-0.3, -0.25) is 14.7 Å². The standard InChI is InChI=1S/C18H21N3O3/c1-11(18(23)24-2)15(12-7-4-3-5-8-12)19-17(22)16-13-9-6-10-14(13)20-21-16/h3-5,7-8,11,15H,6,9-10H2,1-2H3,(H,19,22)(H,20,21)/t11-,15+/m0/s1. The number of methoxy groups -OCH3 is 1. The van der Waals surface area contributed by atoms with Crippen molar-refractivity contribution in [2.75, 3.05) is 7.11 Å². The van der Waals surface area contributed by atoms with E-state index in [0.717, 1.165) is 36.1 Å². The molecule has 6 heteroatoms. The summed E-state index contributed by atoms with van der Waals surface area (Å²) in [7, 11) is 1.35. The Balaban J connectivity index is 1.86. The third-order valence-corrected chi connectivity index (χ3v) is 4.54. The van der Waals surface area contributed by atoms with Crippen LogP contribution in [-0.4, -0.2) is 29.2 Å². The number of hydrogen-bond acceptors (Lipinski definition) is 4. The van der Waals surface area contributed by atoms with Crippen LogP contribution in [0.1, 0.15) is 46.7 Å². The summed E-state index contributed by atoms with van der Waals surface area (Å²) in [5.41, 5.74) is 3.32. The SMILES string of the molecule is COC(=O)[C@@H](C)[C@@H](NC(=O)c1n[nH]c2c1CCC2)c1ccccc1. The summed E-state index contributed by atoms with van der Waals surface area (Å²) in [5, 5.41) is 10.1.